The Hall–Kier alpha value is -2.76. The third-order valence-electron chi connectivity index (χ3n) is 3.76. The number of ketones is 1. The van der Waals surface area contributed by atoms with Crippen LogP contribution in [0.3, 0.4) is 0 Å². The van der Waals surface area contributed by atoms with Gasteiger partial charge in [0, 0.05) is 13.3 Å². The van der Waals surface area contributed by atoms with Crippen LogP contribution in [0.4, 0.5) is 17.2 Å². The summed E-state index contributed by atoms with van der Waals surface area (Å²) in [6.45, 7) is 5.70. The van der Waals surface area contributed by atoms with Crippen molar-refractivity contribution in [2.75, 3.05) is 11.9 Å². The number of aromatic nitrogens is 2. The monoisotopic (exact) mass is 310 g/mol. The largest absolute Gasteiger partial charge is 0.491 e. The predicted molar refractivity (Wildman–Crippen MR) is 89.1 cm³/mol. The second-order valence-electron chi connectivity index (χ2n) is 5.43. The zero-order valence-corrected chi connectivity index (χ0v) is 13.4. The van der Waals surface area contributed by atoms with Gasteiger partial charge in [-0.15, -0.1) is 0 Å². The van der Waals surface area contributed by atoms with Crippen LogP contribution in [0, 0.1) is 6.92 Å². The molecule has 1 aliphatic heterocycles. The van der Waals surface area contributed by atoms with Crippen LogP contribution in [-0.4, -0.2) is 28.1 Å². The number of carbonyl (C=O) groups excluding carboxylic acids is 1. The van der Waals surface area contributed by atoms with E-state index in [4.69, 9.17) is 4.74 Å². The van der Waals surface area contributed by atoms with E-state index >= 15 is 0 Å². The summed E-state index contributed by atoms with van der Waals surface area (Å²) in [6.07, 6.45) is 2.38. The van der Waals surface area contributed by atoms with Crippen LogP contribution in [0.1, 0.15) is 25.1 Å². The van der Waals surface area contributed by atoms with Crippen molar-refractivity contribution in [1.29, 1.82) is 0 Å². The molecule has 2 heterocycles. The van der Waals surface area contributed by atoms with Gasteiger partial charge in [-0.2, -0.15) is 0 Å². The highest BCUT2D eigenvalue weighted by Crippen LogP contribution is 2.37. The van der Waals surface area contributed by atoms with Crippen molar-refractivity contribution in [3.05, 3.63) is 35.8 Å². The summed E-state index contributed by atoms with van der Waals surface area (Å²) in [5, 5.41) is 3.26. The van der Waals surface area contributed by atoms with Crippen molar-refractivity contribution in [3.8, 4) is 5.75 Å². The number of nitrogens with zero attached hydrogens (tertiary/aromatic N) is 3. The molecule has 0 radical (unpaired) electrons. The lowest BCUT2D eigenvalue weighted by molar-refractivity contribution is -0.111. The van der Waals surface area contributed by atoms with E-state index < -0.39 is 0 Å². The lowest BCUT2D eigenvalue weighted by Gasteiger charge is -2.13. The van der Waals surface area contributed by atoms with Crippen molar-refractivity contribution in [1.82, 2.24) is 9.97 Å². The van der Waals surface area contributed by atoms with E-state index in [-0.39, 0.29) is 5.78 Å². The van der Waals surface area contributed by atoms with Gasteiger partial charge in [-0.3, -0.25) is 4.79 Å². The summed E-state index contributed by atoms with van der Waals surface area (Å²) in [7, 11) is 0. The maximum Gasteiger partial charge on any atom is 0.173 e. The Morgan fingerprint density at radius 3 is 2.91 bits per heavy atom. The lowest BCUT2D eigenvalue weighted by Crippen LogP contribution is -2.05. The van der Waals surface area contributed by atoms with Crippen LogP contribution in [0.5, 0.6) is 5.75 Å². The fourth-order valence-corrected chi connectivity index (χ4v) is 2.38. The average Bonchev–Trinajstić information content (AvgIpc) is 3.00. The van der Waals surface area contributed by atoms with Crippen molar-refractivity contribution in [3.63, 3.8) is 0 Å². The Labute approximate surface area is 134 Å². The van der Waals surface area contributed by atoms with Crippen molar-refractivity contribution in [2.24, 2.45) is 4.99 Å². The first kappa shape index (κ1) is 15.1. The first-order valence-corrected chi connectivity index (χ1v) is 7.46. The first-order valence-electron chi connectivity index (χ1n) is 7.46. The average molecular weight is 310 g/mol. The number of ether oxygens (including phenoxy) is 1. The molecule has 23 heavy (non-hydrogen) atoms. The summed E-state index contributed by atoms with van der Waals surface area (Å²) in [5.41, 5.74) is 3.70. The molecule has 118 valence electrons. The summed E-state index contributed by atoms with van der Waals surface area (Å²) < 4.78 is 5.70. The van der Waals surface area contributed by atoms with E-state index in [0.717, 1.165) is 17.9 Å². The van der Waals surface area contributed by atoms with Gasteiger partial charge in [0.05, 0.1) is 23.7 Å². The van der Waals surface area contributed by atoms with Gasteiger partial charge in [0.1, 0.15) is 17.8 Å². The fraction of sp³-hybridized carbons (Fsp3) is 0.294. The standard InChI is InChI=1S/C17H18N4O2/c1-10(12(3)22)20-15-11(2)18-9-19-17(15)21-14-6-4-5-13-7-8-23-16(13)14/h4-6,9H,7-8H2,1-3H3,(H,18,19,21)/b20-10+. The summed E-state index contributed by atoms with van der Waals surface area (Å²) in [6, 6.07) is 5.97. The van der Waals surface area contributed by atoms with E-state index in [9.17, 15) is 4.79 Å². The Morgan fingerprint density at radius 2 is 2.13 bits per heavy atom. The molecule has 0 amide bonds. The number of hydrogen-bond donors (Lipinski definition) is 1. The molecule has 0 fully saturated rings. The second kappa shape index (κ2) is 6.16. The first-order chi connectivity index (χ1) is 11.1. The van der Waals surface area contributed by atoms with Gasteiger partial charge in [-0.05, 0) is 25.5 Å². The molecule has 0 aliphatic carbocycles. The number of Topliss-reactive ketones (excluding diaryl/α,β-unsaturated/α-hetero) is 1. The summed E-state index contributed by atoms with van der Waals surface area (Å²) >= 11 is 0. The fourth-order valence-electron chi connectivity index (χ4n) is 2.38. The molecule has 0 saturated heterocycles. The van der Waals surface area contributed by atoms with Crippen LogP contribution in [-0.2, 0) is 11.2 Å². The molecule has 0 bridgehead atoms. The quantitative estimate of drug-likeness (QED) is 0.878. The van der Waals surface area contributed by atoms with Crippen molar-refractivity contribution in [2.45, 2.75) is 27.2 Å². The molecular weight excluding hydrogens is 292 g/mol. The molecule has 0 saturated carbocycles. The smallest absolute Gasteiger partial charge is 0.173 e. The summed E-state index contributed by atoms with van der Waals surface area (Å²) in [5.74, 6) is 1.33. The van der Waals surface area contributed by atoms with E-state index in [0.29, 0.717) is 29.5 Å². The van der Waals surface area contributed by atoms with E-state index in [1.807, 2.05) is 19.1 Å². The molecule has 0 atom stereocenters. The van der Waals surface area contributed by atoms with Gasteiger partial charge in [0.2, 0.25) is 0 Å². The number of aliphatic imine (C=N–C) groups is 1. The number of anilines is 2. The minimum Gasteiger partial charge on any atom is -0.491 e. The summed E-state index contributed by atoms with van der Waals surface area (Å²) in [4.78, 5) is 24.3. The minimum atomic E-state index is -0.0804. The van der Waals surface area contributed by atoms with Gasteiger partial charge in [-0.25, -0.2) is 15.0 Å². The normalized spacial score (nSPS) is 13.4. The second-order valence-corrected chi connectivity index (χ2v) is 5.43. The molecule has 1 aliphatic rings. The Kier molecular flexibility index (Phi) is 4.06. The van der Waals surface area contributed by atoms with Crippen LogP contribution in [0.2, 0.25) is 0 Å². The van der Waals surface area contributed by atoms with Gasteiger partial charge < -0.3 is 10.1 Å². The van der Waals surface area contributed by atoms with Crippen molar-refractivity contribution >= 4 is 28.7 Å². The third-order valence-corrected chi connectivity index (χ3v) is 3.76. The maximum atomic E-state index is 11.5. The number of carbonyl (C=O) groups is 1. The molecule has 6 nitrogen and oxygen atoms in total. The maximum absolute atomic E-state index is 11.5. The van der Waals surface area contributed by atoms with Gasteiger partial charge in [0.25, 0.3) is 0 Å². The number of aryl methyl sites for hydroxylation is 1. The number of fused-ring (bicyclic) bond motifs is 1. The number of hydrogen-bond acceptors (Lipinski definition) is 6. The van der Waals surface area contributed by atoms with E-state index in [2.05, 4.69) is 26.3 Å². The number of nitrogens with one attached hydrogen (secondary N) is 1. The number of benzene rings is 1. The van der Waals surface area contributed by atoms with Gasteiger partial charge in [0.15, 0.2) is 11.6 Å². The molecule has 3 rings (SSSR count). The van der Waals surface area contributed by atoms with Crippen LogP contribution in [0.25, 0.3) is 0 Å². The molecule has 1 N–H and O–H groups in total. The van der Waals surface area contributed by atoms with Gasteiger partial charge in [-0.1, -0.05) is 12.1 Å². The number of para-hydroxylation sites is 1. The van der Waals surface area contributed by atoms with Crippen LogP contribution < -0.4 is 10.1 Å². The molecule has 6 heteroatoms. The number of rotatable bonds is 4. The predicted octanol–water partition coefficient (Wildman–Crippen LogP) is 3.14. The highest BCUT2D eigenvalue weighted by molar-refractivity contribution is 6.38. The highest BCUT2D eigenvalue weighted by atomic mass is 16.5. The minimum absolute atomic E-state index is 0.0804. The highest BCUT2D eigenvalue weighted by Gasteiger charge is 2.18. The molecule has 0 spiro atoms. The SMILES string of the molecule is CC(=O)/C(C)=N/c1c(C)ncnc1Nc1cccc2c1OCC2. The molecular formula is C17H18N4O2. The van der Waals surface area contributed by atoms with Crippen molar-refractivity contribution < 1.29 is 9.53 Å². The van der Waals surface area contributed by atoms with Crippen LogP contribution in [0.15, 0.2) is 29.5 Å². The Bertz CT molecular complexity index is 799. The third kappa shape index (κ3) is 3.06. The van der Waals surface area contributed by atoms with Gasteiger partial charge >= 0.3 is 0 Å². The zero-order chi connectivity index (χ0) is 16.4. The van der Waals surface area contributed by atoms with Crippen LogP contribution >= 0.6 is 0 Å². The Balaban J connectivity index is 2.02. The molecule has 0 unspecified atom stereocenters. The molecule has 1 aromatic carbocycles. The Morgan fingerprint density at radius 1 is 1.30 bits per heavy atom. The molecule has 2 aromatic rings. The lowest BCUT2D eigenvalue weighted by atomic mass is 10.1. The topological polar surface area (TPSA) is 76.5 Å². The zero-order valence-electron chi connectivity index (χ0n) is 13.4. The molecule has 1 aromatic heterocycles. The van der Waals surface area contributed by atoms with E-state index in [1.165, 1.54) is 18.8 Å². The van der Waals surface area contributed by atoms with E-state index in [1.54, 1.807) is 6.92 Å².